The molecular formula is C17H19FN2O3S. The molecule has 7 heteroatoms. The highest BCUT2D eigenvalue weighted by atomic mass is 32.2. The summed E-state index contributed by atoms with van der Waals surface area (Å²) in [6, 6.07) is 10.7. The van der Waals surface area contributed by atoms with E-state index in [1.807, 2.05) is 19.9 Å². The Morgan fingerprint density at radius 3 is 2.29 bits per heavy atom. The number of sulfonamides is 1. The van der Waals surface area contributed by atoms with Crippen LogP contribution in [0.2, 0.25) is 0 Å². The molecule has 0 spiro atoms. The SMILES string of the molecule is Cc1cc(C)cc(N(CC(=O)Nc2cccc(F)c2)S(C)(=O)=O)c1. The number of halogens is 1. The Morgan fingerprint density at radius 2 is 1.75 bits per heavy atom. The molecule has 0 aliphatic heterocycles. The Morgan fingerprint density at radius 1 is 1.12 bits per heavy atom. The van der Waals surface area contributed by atoms with Gasteiger partial charge in [-0.2, -0.15) is 0 Å². The number of hydrogen-bond acceptors (Lipinski definition) is 3. The molecule has 1 N–H and O–H groups in total. The number of rotatable bonds is 5. The Balaban J connectivity index is 2.25. The second-order valence-corrected chi connectivity index (χ2v) is 7.58. The van der Waals surface area contributed by atoms with Gasteiger partial charge in [-0.15, -0.1) is 0 Å². The van der Waals surface area contributed by atoms with E-state index < -0.39 is 28.3 Å². The second-order valence-electron chi connectivity index (χ2n) is 5.67. The van der Waals surface area contributed by atoms with Crippen molar-refractivity contribution in [2.24, 2.45) is 0 Å². The number of nitrogens with zero attached hydrogens (tertiary/aromatic N) is 1. The van der Waals surface area contributed by atoms with E-state index in [1.165, 1.54) is 24.3 Å². The molecule has 0 fully saturated rings. The van der Waals surface area contributed by atoms with E-state index in [0.717, 1.165) is 21.7 Å². The smallest absolute Gasteiger partial charge is 0.245 e. The average molecular weight is 350 g/mol. The summed E-state index contributed by atoms with van der Waals surface area (Å²) in [5, 5.41) is 2.50. The van der Waals surface area contributed by atoms with Crippen molar-refractivity contribution in [2.45, 2.75) is 13.8 Å². The number of amides is 1. The van der Waals surface area contributed by atoms with Crippen molar-refractivity contribution in [1.29, 1.82) is 0 Å². The highest BCUT2D eigenvalue weighted by Gasteiger charge is 2.21. The third kappa shape index (κ3) is 4.79. The lowest BCUT2D eigenvalue weighted by atomic mass is 10.1. The van der Waals surface area contributed by atoms with Gasteiger partial charge in [0, 0.05) is 5.69 Å². The van der Waals surface area contributed by atoms with E-state index in [9.17, 15) is 17.6 Å². The maximum Gasteiger partial charge on any atom is 0.245 e. The molecule has 24 heavy (non-hydrogen) atoms. The van der Waals surface area contributed by atoms with Crippen molar-refractivity contribution in [2.75, 3.05) is 22.4 Å². The minimum absolute atomic E-state index is 0.272. The predicted octanol–water partition coefficient (Wildman–Crippen LogP) is 2.85. The molecule has 0 atom stereocenters. The molecule has 2 aromatic carbocycles. The molecule has 0 aliphatic rings. The zero-order valence-electron chi connectivity index (χ0n) is 13.7. The minimum Gasteiger partial charge on any atom is -0.324 e. The van der Waals surface area contributed by atoms with E-state index in [0.29, 0.717) is 5.69 Å². The van der Waals surface area contributed by atoms with Gasteiger partial charge in [0.15, 0.2) is 0 Å². The third-order valence-electron chi connectivity index (χ3n) is 3.29. The van der Waals surface area contributed by atoms with Crippen molar-refractivity contribution in [3.8, 4) is 0 Å². The average Bonchev–Trinajstić information content (AvgIpc) is 2.42. The van der Waals surface area contributed by atoms with E-state index in [4.69, 9.17) is 0 Å². The summed E-state index contributed by atoms with van der Waals surface area (Å²) < 4.78 is 38.4. The van der Waals surface area contributed by atoms with Gasteiger partial charge in [0.1, 0.15) is 12.4 Å². The molecular weight excluding hydrogens is 331 g/mol. The fourth-order valence-corrected chi connectivity index (χ4v) is 3.23. The Hall–Kier alpha value is -2.41. The maximum atomic E-state index is 13.2. The molecule has 2 aromatic rings. The first kappa shape index (κ1) is 17.9. The van der Waals surface area contributed by atoms with Crippen LogP contribution < -0.4 is 9.62 Å². The molecule has 0 aliphatic carbocycles. The zero-order valence-corrected chi connectivity index (χ0v) is 14.5. The van der Waals surface area contributed by atoms with Gasteiger partial charge in [-0.3, -0.25) is 9.10 Å². The Bertz CT molecular complexity index is 846. The summed E-state index contributed by atoms with van der Waals surface area (Å²) in [6.07, 6.45) is 1.04. The van der Waals surface area contributed by atoms with Crippen molar-refractivity contribution in [3.63, 3.8) is 0 Å². The van der Waals surface area contributed by atoms with Gasteiger partial charge in [-0.1, -0.05) is 12.1 Å². The van der Waals surface area contributed by atoms with Crippen LogP contribution >= 0.6 is 0 Å². The molecule has 2 rings (SSSR count). The van der Waals surface area contributed by atoms with Gasteiger partial charge in [0.25, 0.3) is 0 Å². The van der Waals surface area contributed by atoms with Gasteiger partial charge < -0.3 is 5.32 Å². The van der Waals surface area contributed by atoms with E-state index >= 15 is 0 Å². The van der Waals surface area contributed by atoms with Crippen LogP contribution in [0.15, 0.2) is 42.5 Å². The number of anilines is 2. The molecule has 1 amide bonds. The highest BCUT2D eigenvalue weighted by molar-refractivity contribution is 7.92. The molecule has 0 unspecified atom stereocenters. The monoisotopic (exact) mass is 350 g/mol. The summed E-state index contributed by atoms with van der Waals surface area (Å²) in [5.74, 6) is -1.03. The fourth-order valence-electron chi connectivity index (χ4n) is 2.39. The molecule has 0 aromatic heterocycles. The molecule has 0 radical (unpaired) electrons. The lowest BCUT2D eigenvalue weighted by Gasteiger charge is -2.22. The molecule has 0 saturated heterocycles. The molecule has 0 saturated carbocycles. The lowest BCUT2D eigenvalue weighted by Crippen LogP contribution is -2.37. The van der Waals surface area contributed by atoms with Crippen LogP contribution in [0.25, 0.3) is 0 Å². The number of hydrogen-bond donors (Lipinski definition) is 1. The number of carbonyl (C=O) groups excluding carboxylic acids is 1. The largest absolute Gasteiger partial charge is 0.324 e. The minimum atomic E-state index is -3.65. The first-order chi connectivity index (χ1) is 11.1. The van der Waals surface area contributed by atoms with E-state index in [2.05, 4.69) is 5.32 Å². The van der Waals surface area contributed by atoms with Gasteiger partial charge in [-0.05, 0) is 55.3 Å². The molecule has 0 bridgehead atoms. The summed E-state index contributed by atoms with van der Waals surface area (Å²) in [4.78, 5) is 12.2. The number of aryl methyl sites for hydroxylation is 2. The van der Waals surface area contributed by atoms with E-state index in [1.54, 1.807) is 12.1 Å². The normalized spacial score (nSPS) is 11.2. The number of carbonyl (C=O) groups is 1. The summed E-state index contributed by atoms with van der Waals surface area (Å²) >= 11 is 0. The summed E-state index contributed by atoms with van der Waals surface area (Å²) in [7, 11) is -3.65. The first-order valence-electron chi connectivity index (χ1n) is 7.26. The molecule has 128 valence electrons. The van der Waals surface area contributed by atoms with Crippen LogP contribution in [0.1, 0.15) is 11.1 Å². The Labute approximate surface area is 141 Å². The quantitative estimate of drug-likeness (QED) is 0.902. The van der Waals surface area contributed by atoms with Gasteiger partial charge in [0.2, 0.25) is 15.9 Å². The standard InChI is InChI=1S/C17H19FN2O3S/c1-12-7-13(2)9-16(8-12)20(24(3,22)23)11-17(21)19-15-6-4-5-14(18)10-15/h4-10H,11H2,1-3H3,(H,19,21). The zero-order chi connectivity index (χ0) is 17.9. The highest BCUT2D eigenvalue weighted by Crippen LogP contribution is 2.21. The van der Waals surface area contributed by atoms with Crippen molar-refractivity contribution >= 4 is 27.3 Å². The van der Waals surface area contributed by atoms with Crippen LogP contribution in [0, 0.1) is 19.7 Å². The molecule has 5 nitrogen and oxygen atoms in total. The van der Waals surface area contributed by atoms with Crippen molar-refractivity contribution in [1.82, 2.24) is 0 Å². The summed E-state index contributed by atoms with van der Waals surface area (Å²) in [6.45, 7) is 3.31. The van der Waals surface area contributed by atoms with Crippen molar-refractivity contribution in [3.05, 3.63) is 59.4 Å². The predicted molar refractivity (Wildman–Crippen MR) is 93.1 cm³/mol. The van der Waals surface area contributed by atoms with Crippen LogP contribution in [0.3, 0.4) is 0 Å². The number of nitrogens with one attached hydrogen (secondary N) is 1. The van der Waals surface area contributed by atoms with E-state index in [-0.39, 0.29) is 5.69 Å². The molecule has 0 heterocycles. The van der Waals surface area contributed by atoms with Crippen LogP contribution in [-0.2, 0) is 14.8 Å². The van der Waals surface area contributed by atoms with Crippen molar-refractivity contribution < 1.29 is 17.6 Å². The maximum absolute atomic E-state index is 13.2. The van der Waals surface area contributed by atoms with Crippen LogP contribution in [0.5, 0.6) is 0 Å². The van der Waals surface area contributed by atoms with Gasteiger partial charge in [0.05, 0.1) is 11.9 Å². The lowest BCUT2D eigenvalue weighted by molar-refractivity contribution is -0.114. The summed E-state index contributed by atoms with van der Waals surface area (Å²) in [5.41, 5.74) is 2.48. The number of benzene rings is 2. The fraction of sp³-hybridized carbons (Fsp3) is 0.235. The van der Waals surface area contributed by atoms with Gasteiger partial charge in [-0.25, -0.2) is 12.8 Å². The topological polar surface area (TPSA) is 66.5 Å². The van der Waals surface area contributed by atoms with Gasteiger partial charge >= 0.3 is 0 Å². The third-order valence-corrected chi connectivity index (χ3v) is 4.43. The Kier molecular flexibility index (Phi) is 5.23. The van der Waals surface area contributed by atoms with Crippen LogP contribution in [-0.4, -0.2) is 27.1 Å². The second kappa shape index (κ2) is 7.00. The first-order valence-corrected chi connectivity index (χ1v) is 9.11. The van der Waals surface area contributed by atoms with Crippen LogP contribution in [0.4, 0.5) is 15.8 Å².